The van der Waals surface area contributed by atoms with Crippen LogP contribution in [0.3, 0.4) is 0 Å². The molecule has 0 radical (unpaired) electrons. The highest BCUT2D eigenvalue weighted by molar-refractivity contribution is 5.94. The third-order valence-electron chi connectivity index (χ3n) is 6.06. The van der Waals surface area contributed by atoms with Gasteiger partial charge in [-0.3, -0.25) is 4.79 Å². The van der Waals surface area contributed by atoms with E-state index in [2.05, 4.69) is 26.8 Å². The Hall–Kier alpha value is -2.89. The van der Waals surface area contributed by atoms with Gasteiger partial charge in [-0.25, -0.2) is 9.97 Å². The summed E-state index contributed by atoms with van der Waals surface area (Å²) in [4.78, 5) is 29.4. The van der Waals surface area contributed by atoms with Crippen molar-refractivity contribution in [3.8, 4) is 0 Å². The maximum atomic E-state index is 12.8. The third-order valence-corrected chi connectivity index (χ3v) is 6.06. The van der Waals surface area contributed by atoms with E-state index in [1.807, 2.05) is 41.4 Å². The lowest BCUT2D eigenvalue weighted by atomic mass is 9.88. The van der Waals surface area contributed by atoms with Gasteiger partial charge in [-0.15, -0.1) is 0 Å². The molecule has 5 rings (SSSR count). The van der Waals surface area contributed by atoms with E-state index in [-0.39, 0.29) is 5.91 Å². The summed E-state index contributed by atoms with van der Waals surface area (Å²) in [6.07, 6.45) is 4.69. The quantitative estimate of drug-likeness (QED) is 0.762. The minimum absolute atomic E-state index is 0.151. The van der Waals surface area contributed by atoms with Crippen molar-refractivity contribution in [2.24, 2.45) is 11.8 Å². The van der Waals surface area contributed by atoms with Gasteiger partial charge in [0.25, 0.3) is 5.91 Å². The number of aryl methyl sites for hydroxylation is 1. The lowest BCUT2D eigenvalue weighted by molar-refractivity contribution is 0.0642. The Kier molecular flexibility index (Phi) is 3.85. The number of aromatic nitrogens is 3. The largest absolute Gasteiger partial charge is 0.355 e. The highest BCUT2D eigenvalue weighted by atomic mass is 16.2. The fourth-order valence-electron chi connectivity index (χ4n) is 4.63. The molecule has 27 heavy (non-hydrogen) atoms. The van der Waals surface area contributed by atoms with Crippen LogP contribution in [-0.2, 0) is 0 Å². The highest BCUT2D eigenvalue weighted by Gasteiger charge is 2.39. The molecule has 2 aliphatic rings. The van der Waals surface area contributed by atoms with E-state index in [0.717, 1.165) is 55.0 Å². The van der Waals surface area contributed by atoms with Crippen molar-refractivity contribution in [1.82, 2.24) is 19.9 Å². The van der Waals surface area contributed by atoms with E-state index in [0.29, 0.717) is 11.8 Å². The molecule has 0 spiro atoms. The molecule has 6 nitrogen and oxygen atoms in total. The lowest BCUT2D eigenvalue weighted by Gasteiger charge is -2.34. The van der Waals surface area contributed by atoms with E-state index in [9.17, 15) is 4.79 Å². The Bertz CT molecular complexity index is 983. The smallest absolute Gasteiger partial charge is 0.253 e. The third kappa shape index (κ3) is 2.76. The first-order valence-electron chi connectivity index (χ1n) is 9.58. The van der Waals surface area contributed by atoms with Gasteiger partial charge in [0.05, 0.1) is 5.39 Å². The summed E-state index contributed by atoms with van der Waals surface area (Å²) in [6, 6.07) is 9.61. The summed E-state index contributed by atoms with van der Waals surface area (Å²) in [7, 11) is 0. The van der Waals surface area contributed by atoms with Gasteiger partial charge in [-0.05, 0) is 42.9 Å². The van der Waals surface area contributed by atoms with Gasteiger partial charge >= 0.3 is 0 Å². The van der Waals surface area contributed by atoms with E-state index >= 15 is 0 Å². The minimum atomic E-state index is 0.151. The van der Waals surface area contributed by atoms with Gasteiger partial charge in [0.2, 0.25) is 0 Å². The number of carbonyl (C=O) groups is 1. The molecular weight excluding hydrogens is 338 g/mol. The fraction of sp³-hybridized carbons (Fsp3) is 0.381. The van der Waals surface area contributed by atoms with Gasteiger partial charge in [-0.2, -0.15) is 0 Å². The van der Waals surface area contributed by atoms with Crippen LogP contribution in [0.5, 0.6) is 0 Å². The van der Waals surface area contributed by atoms with Crippen LogP contribution in [0.2, 0.25) is 0 Å². The first-order chi connectivity index (χ1) is 13.2. The summed E-state index contributed by atoms with van der Waals surface area (Å²) in [5, 5.41) is 1.12. The van der Waals surface area contributed by atoms with Crippen LogP contribution in [0.15, 0.2) is 42.9 Å². The highest BCUT2D eigenvalue weighted by Crippen LogP contribution is 2.36. The van der Waals surface area contributed by atoms with Crippen molar-refractivity contribution in [3.05, 3.63) is 54.0 Å². The molecule has 1 N–H and O–H groups in total. The second kappa shape index (κ2) is 6.37. The van der Waals surface area contributed by atoms with E-state index in [1.54, 1.807) is 6.33 Å². The standard InChI is InChI=1S/C21H23N5O/c1-14-9-22-19-18(14)20(24-13-23-19)26-10-16-7-8-25(11-17(16)12-26)21(27)15-5-3-2-4-6-15/h2-6,9,13,16-17H,7-8,10-12H2,1H3,(H,22,23,24). The summed E-state index contributed by atoms with van der Waals surface area (Å²) >= 11 is 0. The van der Waals surface area contributed by atoms with E-state index in [1.165, 1.54) is 5.56 Å². The van der Waals surface area contributed by atoms with Crippen molar-refractivity contribution in [2.45, 2.75) is 13.3 Å². The monoisotopic (exact) mass is 361 g/mol. The molecule has 1 amide bonds. The Labute approximate surface area is 158 Å². The summed E-state index contributed by atoms with van der Waals surface area (Å²) < 4.78 is 0. The first kappa shape index (κ1) is 16.3. The number of anilines is 1. The molecule has 3 aromatic rings. The Balaban J connectivity index is 1.36. The number of carbonyl (C=O) groups excluding carboxylic acids is 1. The molecular formula is C21H23N5O. The maximum absolute atomic E-state index is 12.8. The van der Waals surface area contributed by atoms with Crippen LogP contribution >= 0.6 is 0 Å². The molecule has 1 aromatic carbocycles. The number of piperidine rings is 1. The van der Waals surface area contributed by atoms with Gasteiger partial charge in [0.1, 0.15) is 17.8 Å². The minimum Gasteiger partial charge on any atom is -0.355 e. The number of hydrogen-bond donors (Lipinski definition) is 1. The number of rotatable bonds is 2. The topological polar surface area (TPSA) is 65.1 Å². The SMILES string of the molecule is Cc1c[nH]c2ncnc(N3CC4CCN(C(=O)c5ccccc5)CC4C3)c12. The van der Waals surface area contributed by atoms with Crippen LogP contribution in [0.25, 0.3) is 11.0 Å². The second-order valence-electron chi connectivity index (χ2n) is 7.72. The van der Waals surface area contributed by atoms with Crippen LogP contribution in [-0.4, -0.2) is 51.9 Å². The molecule has 2 fully saturated rings. The molecule has 2 aromatic heterocycles. The number of nitrogens with one attached hydrogen (secondary N) is 1. The molecule has 2 saturated heterocycles. The van der Waals surface area contributed by atoms with Gasteiger partial charge < -0.3 is 14.8 Å². The normalized spacial score (nSPS) is 22.3. The number of H-pyrrole nitrogens is 1. The molecule has 0 saturated carbocycles. The zero-order valence-corrected chi connectivity index (χ0v) is 15.4. The van der Waals surface area contributed by atoms with Crippen LogP contribution < -0.4 is 4.90 Å². The number of amides is 1. The zero-order chi connectivity index (χ0) is 18.4. The zero-order valence-electron chi connectivity index (χ0n) is 15.4. The Morgan fingerprint density at radius 2 is 1.93 bits per heavy atom. The molecule has 0 aliphatic carbocycles. The number of nitrogens with zero attached hydrogens (tertiary/aromatic N) is 4. The molecule has 2 aliphatic heterocycles. The molecule has 2 atom stereocenters. The predicted octanol–water partition coefficient (Wildman–Crippen LogP) is 2.86. The van der Waals surface area contributed by atoms with Crippen LogP contribution in [0, 0.1) is 18.8 Å². The average Bonchev–Trinajstić information content (AvgIpc) is 3.31. The second-order valence-corrected chi connectivity index (χ2v) is 7.72. The van der Waals surface area contributed by atoms with E-state index < -0.39 is 0 Å². The number of benzene rings is 1. The molecule has 2 unspecified atom stereocenters. The molecule has 0 bridgehead atoms. The summed E-state index contributed by atoms with van der Waals surface area (Å²) in [5.41, 5.74) is 2.86. The first-order valence-corrected chi connectivity index (χ1v) is 9.58. The number of likely N-dealkylation sites (tertiary alicyclic amines) is 1. The summed E-state index contributed by atoms with van der Waals surface area (Å²) in [5.74, 6) is 2.29. The van der Waals surface area contributed by atoms with Crippen molar-refractivity contribution >= 4 is 22.8 Å². The van der Waals surface area contributed by atoms with Crippen molar-refractivity contribution < 1.29 is 4.79 Å². The van der Waals surface area contributed by atoms with Crippen molar-refractivity contribution in [3.63, 3.8) is 0 Å². The number of fused-ring (bicyclic) bond motifs is 2. The summed E-state index contributed by atoms with van der Waals surface area (Å²) in [6.45, 7) is 5.71. The van der Waals surface area contributed by atoms with Crippen LogP contribution in [0.1, 0.15) is 22.3 Å². The predicted molar refractivity (Wildman–Crippen MR) is 105 cm³/mol. The number of aromatic amines is 1. The van der Waals surface area contributed by atoms with Crippen molar-refractivity contribution in [1.29, 1.82) is 0 Å². The molecule has 4 heterocycles. The number of hydrogen-bond acceptors (Lipinski definition) is 4. The van der Waals surface area contributed by atoms with Gasteiger partial charge in [0, 0.05) is 37.9 Å². The van der Waals surface area contributed by atoms with Gasteiger partial charge in [-0.1, -0.05) is 18.2 Å². The van der Waals surface area contributed by atoms with Crippen molar-refractivity contribution in [2.75, 3.05) is 31.1 Å². The lowest BCUT2D eigenvalue weighted by Crippen LogP contribution is -2.43. The fourth-order valence-corrected chi connectivity index (χ4v) is 4.63. The Morgan fingerprint density at radius 1 is 1.11 bits per heavy atom. The molecule has 138 valence electrons. The van der Waals surface area contributed by atoms with E-state index in [4.69, 9.17) is 0 Å². The Morgan fingerprint density at radius 3 is 2.78 bits per heavy atom. The molecule has 6 heteroatoms. The van der Waals surface area contributed by atoms with Gasteiger partial charge in [0.15, 0.2) is 0 Å². The van der Waals surface area contributed by atoms with Crippen LogP contribution in [0.4, 0.5) is 5.82 Å². The maximum Gasteiger partial charge on any atom is 0.253 e. The average molecular weight is 361 g/mol.